The largest absolute Gasteiger partial charge is 0.481 e. The first-order valence-corrected chi connectivity index (χ1v) is 5.19. The molecular formula is C9H11NO2S. The lowest BCUT2D eigenvalue weighted by Gasteiger charge is -2.36. The van der Waals surface area contributed by atoms with Crippen molar-refractivity contribution in [3.05, 3.63) is 16.1 Å². The van der Waals surface area contributed by atoms with Crippen molar-refractivity contribution in [2.45, 2.75) is 31.6 Å². The lowest BCUT2D eigenvalue weighted by molar-refractivity contribution is -0.147. The van der Waals surface area contributed by atoms with Gasteiger partial charge in [-0.2, -0.15) is 0 Å². The van der Waals surface area contributed by atoms with Crippen LogP contribution in [0.3, 0.4) is 0 Å². The number of carbonyl (C=O) groups is 1. The van der Waals surface area contributed by atoms with Crippen LogP contribution < -0.4 is 0 Å². The van der Waals surface area contributed by atoms with E-state index in [1.165, 1.54) is 11.3 Å². The summed E-state index contributed by atoms with van der Waals surface area (Å²) in [5.41, 5.74) is 2.02. The van der Waals surface area contributed by atoms with Crippen molar-refractivity contribution >= 4 is 17.3 Å². The summed E-state index contributed by atoms with van der Waals surface area (Å²) in [6, 6.07) is 0. The summed E-state index contributed by atoms with van der Waals surface area (Å²) in [6.45, 7) is 1.88. The minimum Gasteiger partial charge on any atom is -0.481 e. The van der Waals surface area contributed by atoms with Gasteiger partial charge in [-0.1, -0.05) is 6.42 Å². The van der Waals surface area contributed by atoms with Crippen LogP contribution in [-0.2, 0) is 10.2 Å². The molecule has 1 heterocycles. The summed E-state index contributed by atoms with van der Waals surface area (Å²) in [4.78, 5) is 16.2. The number of carboxylic acids is 1. The molecular weight excluding hydrogens is 186 g/mol. The van der Waals surface area contributed by atoms with Gasteiger partial charge in [-0.3, -0.25) is 4.79 Å². The van der Waals surface area contributed by atoms with Crippen LogP contribution in [0, 0.1) is 6.92 Å². The highest BCUT2D eigenvalue weighted by Gasteiger charge is 2.48. The Balaban J connectivity index is 2.43. The number of aliphatic carboxylic acids is 1. The van der Waals surface area contributed by atoms with Gasteiger partial charge in [-0.15, -0.1) is 11.3 Å². The number of thiazole rings is 1. The van der Waals surface area contributed by atoms with E-state index in [0.717, 1.165) is 29.8 Å². The van der Waals surface area contributed by atoms with Crippen LogP contribution in [0.5, 0.6) is 0 Å². The van der Waals surface area contributed by atoms with E-state index in [-0.39, 0.29) is 0 Å². The Labute approximate surface area is 80.4 Å². The van der Waals surface area contributed by atoms with Crippen molar-refractivity contribution in [1.82, 2.24) is 4.98 Å². The summed E-state index contributed by atoms with van der Waals surface area (Å²) in [7, 11) is 0. The molecule has 0 spiro atoms. The molecule has 1 saturated carbocycles. The molecule has 1 aromatic heterocycles. The molecule has 1 aromatic rings. The number of carboxylic acid groups (broad SMARTS) is 1. The van der Waals surface area contributed by atoms with Crippen LogP contribution >= 0.6 is 11.3 Å². The fraction of sp³-hybridized carbons (Fsp3) is 0.556. The maximum Gasteiger partial charge on any atom is 0.315 e. The van der Waals surface area contributed by atoms with Gasteiger partial charge >= 0.3 is 5.97 Å². The van der Waals surface area contributed by atoms with Crippen molar-refractivity contribution in [2.75, 3.05) is 0 Å². The van der Waals surface area contributed by atoms with Crippen LogP contribution in [-0.4, -0.2) is 16.1 Å². The van der Waals surface area contributed by atoms with E-state index in [1.54, 1.807) is 5.51 Å². The fourth-order valence-electron chi connectivity index (χ4n) is 1.83. The van der Waals surface area contributed by atoms with E-state index in [0.29, 0.717) is 0 Å². The van der Waals surface area contributed by atoms with Gasteiger partial charge in [0.05, 0.1) is 11.2 Å². The van der Waals surface area contributed by atoms with Crippen LogP contribution in [0.25, 0.3) is 0 Å². The quantitative estimate of drug-likeness (QED) is 0.788. The molecule has 3 nitrogen and oxygen atoms in total. The molecule has 0 atom stereocenters. The molecule has 1 fully saturated rings. The SMILES string of the molecule is Cc1ncsc1C1(C(=O)O)CCC1. The average molecular weight is 197 g/mol. The maximum atomic E-state index is 11.1. The topological polar surface area (TPSA) is 50.2 Å². The average Bonchev–Trinajstić information content (AvgIpc) is 2.34. The number of aryl methyl sites for hydroxylation is 1. The highest BCUT2D eigenvalue weighted by atomic mass is 32.1. The molecule has 0 aliphatic heterocycles. The predicted octanol–water partition coefficient (Wildman–Crippen LogP) is 1.96. The number of hydrogen-bond acceptors (Lipinski definition) is 3. The molecule has 0 unspecified atom stereocenters. The van der Waals surface area contributed by atoms with Crippen molar-refractivity contribution in [3.8, 4) is 0 Å². The first kappa shape index (κ1) is 8.69. The van der Waals surface area contributed by atoms with Gasteiger partial charge in [0.2, 0.25) is 0 Å². The Kier molecular flexibility index (Phi) is 1.87. The van der Waals surface area contributed by atoms with E-state index in [2.05, 4.69) is 4.98 Å². The lowest BCUT2D eigenvalue weighted by Crippen LogP contribution is -2.42. The molecule has 0 saturated heterocycles. The van der Waals surface area contributed by atoms with Crippen LogP contribution in [0.4, 0.5) is 0 Å². The van der Waals surface area contributed by atoms with Crippen LogP contribution in [0.15, 0.2) is 5.51 Å². The second kappa shape index (κ2) is 2.80. The molecule has 2 rings (SSSR count). The first-order valence-electron chi connectivity index (χ1n) is 4.31. The monoisotopic (exact) mass is 197 g/mol. The third-order valence-corrected chi connectivity index (χ3v) is 3.93. The Morgan fingerprint density at radius 3 is 2.69 bits per heavy atom. The molecule has 70 valence electrons. The zero-order valence-electron chi connectivity index (χ0n) is 7.41. The van der Waals surface area contributed by atoms with Crippen molar-refractivity contribution in [2.24, 2.45) is 0 Å². The summed E-state index contributed by atoms with van der Waals surface area (Å²) >= 11 is 1.47. The number of rotatable bonds is 2. The summed E-state index contributed by atoms with van der Waals surface area (Å²) in [6.07, 6.45) is 2.56. The lowest BCUT2D eigenvalue weighted by atomic mass is 9.67. The smallest absolute Gasteiger partial charge is 0.315 e. The van der Waals surface area contributed by atoms with E-state index < -0.39 is 11.4 Å². The van der Waals surface area contributed by atoms with Crippen molar-refractivity contribution in [1.29, 1.82) is 0 Å². The number of aromatic nitrogens is 1. The van der Waals surface area contributed by atoms with Gasteiger partial charge in [0.25, 0.3) is 0 Å². The van der Waals surface area contributed by atoms with Gasteiger partial charge in [-0.25, -0.2) is 4.98 Å². The summed E-state index contributed by atoms with van der Waals surface area (Å²) in [5, 5.41) is 9.16. The van der Waals surface area contributed by atoms with E-state index in [9.17, 15) is 4.79 Å². The Bertz CT molecular complexity index is 341. The molecule has 0 radical (unpaired) electrons. The second-order valence-electron chi connectivity index (χ2n) is 3.51. The molecule has 13 heavy (non-hydrogen) atoms. The van der Waals surface area contributed by atoms with Crippen molar-refractivity contribution in [3.63, 3.8) is 0 Å². The molecule has 1 N–H and O–H groups in total. The minimum absolute atomic E-state index is 0.592. The van der Waals surface area contributed by atoms with Gasteiger partial charge in [0, 0.05) is 4.88 Å². The predicted molar refractivity (Wildman–Crippen MR) is 50.0 cm³/mol. The first-order chi connectivity index (χ1) is 6.17. The maximum absolute atomic E-state index is 11.1. The highest BCUT2D eigenvalue weighted by molar-refractivity contribution is 7.10. The molecule has 0 amide bonds. The zero-order chi connectivity index (χ0) is 9.47. The number of nitrogens with zero attached hydrogens (tertiary/aromatic N) is 1. The van der Waals surface area contributed by atoms with Gasteiger partial charge in [-0.05, 0) is 19.8 Å². The zero-order valence-corrected chi connectivity index (χ0v) is 8.23. The molecule has 4 heteroatoms. The Hall–Kier alpha value is -0.900. The van der Waals surface area contributed by atoms with Crippen LogP contribution in [0.2, 0.25) is 0 Å². The molecule has 0 aromatic carbocycles. The highest BCUT2D eigenvalue weighted by Crippen LogP contribution is 2.46. The van der Waals surface area contributed by atoms with E-state index >= 15 is 0 Å². The Morgan fingerprint density at radius 1 is 1.69 bits per heavy atom. The molecule has 1 aliphatic carbocycles. The van der Waals surface area contributed by atoms with Crippen molar-refractivity contribution < 1.29 is 9.90 Å². The third kappa shape index (κ3) is 1.09. The third-order valence-electron chi connectivity index (χ3n) is 2.80. The number of hydrogen-bond donors (Lipinski definition) is 1. The fourth-order valence-corrected chi connectivity index (χ4v) is 2.89. The summed E-state index contributed by atoms with van der Waals surface area (Å²) in [5.74, 6) is -0.689. The van der Waals surface area contributed by atoms with E-state index in [1.807, 2.05) is 6.92 Å². The molecule has 1 aliphatic rings. The second-order valence-corrected chi connectivity index (χ2v) is 4.36. The Morgan fingerprint density at radius 2 is 2.38 bits per heavy atom. The minimum atomic E-state index is -0.689. The normalized spacial score (nSPS) is 19.5. The molecule has 0 bridgehead atoms. The van der Waals surface area contributed by atoms with Crippen LogP contribution in [0.1, 0.15) is 29.8 Å². The standard InChI is InChI=1S/C9H11NO2S/c1-6-7(13-5-10-6)9(8(11)12)3-2-4-9/h5H,2-4H2,1H3,(H,11,12). The summed E-state index contributed by atoms with van der Waals surface area (Å²) < 4.78 is 0. The van der Waals surface area contributed by atoms with E-state index in [4.69, 9.17) is 5.11 Å². The van der Waals surface area contributed by atoms with Gasteiger partial charge in [0.15, 0.2) is 0 Å². The van der Waals surface area contributed by atoms with Gasteiger partial charge < -0.3 is 5.11 Å². The van der Waals surface area contributed by atoms with Gasteiger partial charge in [0.1, 0.15) is 5.41 Å².